The maximum Gasteiger partial charge on any atom is 0.243 e. The van der Waals surface area contributed by atoms with E-state index in [-0.39, 0.29) is 0 Å². The van der Waals surface area contributed by atoms with E-state index >= 15 is 0 Å². The minimum absolute atomic E-state index is 0.318. The number of halogens is 1. The number of nitrogens with zero attached hydrogens (tertiary/aromatic N) is 4. The molecule has 0 spiro atoms. The molecule has 0 aromatic carbocycles. The second kappa shape index (κ2) is 4.97. The SMILES string of the molecule is CC(C)n1cc(Oc2nc3sccn3c2CBr)cn1. The van der Waals surface area contributed by atoms with Crippen molar-refractivity contribution in [1.82, 2.24) is 19.2 Å². The van der Waals surface area contributed by atoms with Crippen LogP contribution in [-0.4, -0.2) is 19.2 Å². The average molecular weight is 341 g/mol. The van der Waals surface area contributed by atoms with Gasteiger partial charge in [-0.2, -0.15) is 10.1 Å². The maximum absolute atomic E-state index is 5.84. The number of hydrogen-bond acceptors (Lipinski definition) is 4. The monoisotopic (exact) mass is 340 g/mol. The van der Waals surface area contributed by atoms with Crippen molar-refractivity contribution in [1.29, 1.82) is 0 Å². The molecule has 3 aromatic heterocycles. The highest BCUT2D eigenvalue weighted by Gasteiger charge is 2.15. The van der Waals surface area contributed by atoms with Gasteiger partial charge in [-0.3, -0.25) is 9.08 Å². The zero-order valence-electron chi connectivity index (χ0n) is 10.6. The van der Waals surface area contributed by atoms with Gasteiger partial charge in [-0.05, 0) is 13.8 Å². The minimum atomic E-state index is 0.318. The maximum atomic E-state index is 5.84. The van der Waals surface area contributed by atoms with E-state index in [1.807, 2.05) is 26.9 Å². The molecule has 3 rings (SSSR count). The van der Waals surface area contributed by atoms with Gasteiger partial charge in [-0.1, -0.05) is 15.9 Å². The van der Waals surface area contributed by atoms with E-state index < -0.39 is 0 Å². The van der Waals surface area contributed by atoms with Crippen molar-refractivity contribution in [3.63, 3.8) is 0 Å². The number of fused-ring (bicyclic) bond motifs is 1. The Morgan fingerprint density at radius 1 is 1.47 bits per heavy atom. The van der Waals surface area contributed by atoms with Crippen LogP contribution in [0.5, 0.6) is 11.6 Å². The fourth-order valence-corrected chi connectivity index (χ4v) is 3.02. The van der Waals surface area contributed by atoms with E-state index in [0.717, 1.165) is 10.7 Å². The number of rotatable bonds is 4. The number of thiazole rings is 1. The zero-order chi connectivity index (χ0) is 13.4. The van der Waals surface area contributed by atoms with Gasteiger partial charge < -0.3 is 4.74 Å². The summed E-state index contributed by atoms with van der Waals surface area (Å²) in [5, 5.41) is 6.96. The first-order valence-corrected chi connectivity index (χ1v) is 7.91. The summed E-state index contributed by atoms with van der Waals surface area (Å²) in [6.45, 7) is 4.15. The number of ether oxygens (including phenoxy) is 1. The normalized spacial score (nSPS) is 11.6. The first kappa shape index (κ1) is 12.7. The molecule has 0 saturated carbocycles. The number of hydrogen-bond donors (Lipinski definition) is 0. The second-order valence-electron chi connectivity index (χ2n) is 4.40. The van der Waals surface area contributed by atoms with Crippen LogP contribution in [0.3, 0.4) is 0 Å². The van der Waals surface area contributed by atoms with Crippen LogP contribution in [0.1, 0.15) is 25.6 Å². The Morgan fingerprint density at radius 2 is 2.32 bits per heavy atom. The lowest BCUT2D eigenvalue weighted by molar-refractivity contribution is 0.458. The van der Waals surface area contributed by atoms with Gasteiger partial charge in [0.05, 0.1) is 18.1 Å². The Bertz CT molecular complexity index is 700. The van der Waals surface area contributed by atoms with Crippen molar-refractivity contribution in [3.8, 4) is 11.6 Å². The van der Waals surface area contributed by atoms with Crippen LogP contribution >= 0.6 is 27.3 Å². The highest BCUT2D eigenvalue weighted by atomic mass is 79.9. The molecule has 0 aliphatic rings. The van der Waals surface area contributed by atoms with Crippen molar-refractivity contribution in [2.75, 3.05) is 0 Å². The topological polar surface area (TPSA) is 44.4 Å². The number of aromatic nitrogens is 4. The first-order valence-electron chi connectivity index (χ1n) is 5.91. The standard InChI is InChI=1S/C12H13BrN4OS/c1-8(2)17-7-9(6-14-17)18-11-10(5-13)16-3-4-19-12(16)15-11/h3-4,6-8H,5H2,1-2H3. The van der Waals surface area contributed by atoms with Crippen LogP contribution in [0.4, 0.5) is 0 Å². The highest BCUT2D eigenvalue weighted by Crippen LogP contribution is 2.29. The van der Waals surface area contributed by atoms with Gasteiger partial charge >= 0.3 is 0 Å². The number of alkyl halides is 1. The molecule has 100 valence electrons. The molecule has 5 nitrogen and oxygen atoms in total. The molecule has 3 heterocycles. The van der Waals surface area contributed by atoms with Crippen LogP contribution in [0.25, 0.3) is 4.96 Å². The molecule has 0 aliphatic carbocycles. The molecule has 0 fully saturated rings. The summed E-state index contributed by atoms with van der Waals surface area (Å²) in [5.41, 5.74) is 1.01. The quantitative estimate of drug-likeness (QED) is 0.677. The summed E-state index contributed by atoms with van der Waals surface area (Å²) in [4.78, 5) is 5.42. The third kappa shape index (κ3) is 2.28. The van der Waals surface area contributed by atoms with Crippen LogP contribution in [0, 0.1) is 0 Å². The molecule has 3 aromatic rings. The van der Waals surface area contributed by atoms with E-state index in [9.17, 15) is 0 Å². The molecule has 0 N–H and O–H groups in total. The summed E-state index contributed by atoms with van der Waals surface area (Å²) in [7, 11) is 0. The smallest absolute Gasteiger partial charge is 0.243 e. The first-order chi connectivity index (χ1) is 9.19. The summed E-state index contributed by atoms with van der Waals surface area (Å²) < 4.78 is 9.73. The minimum Gasteiger partial charge on any atom is -0.434 e. The van der Waals surface area contributed by atoms with Crippen LogP contribution in [0.2, 0.25) is 0 Å². The predicted octanol–water partition coefficient (Wildman–Crippen LogP) is 3.86. The molecule has 0 unspecified atom stereocenters. The van der Waals surface area contributed by atoms with E-state index in [2.05, 4.69) is 39.9 Å². The highest BCUT2D eigenvalue weighted by molar-refractivity contribution is 9.08. The average Bonchev–Trinajstić information content (AvgIpc) is 3.04. The lowest BCUT2D eigenvalue weighted by atomic mass is 10.4. The van der Waals surface area contributed by atoms with Crippen LogP contribution in [0.15, 0.2) is 24.0 Å². The van der Waals surface area contributed by atoms with Gasteiger partial charge in [-0.15, -0.1) is 11.3 Å². The summed E-state index contributed by atoms with van der Waals surface area (Å²) in [6, 6.07) is 0.318. The molecule has 0 aliphatic heterocycles. The molecular formula is C12H13BrN4OS. The molecular weight excluding hydrogens is 328 g/mol. The largest absolute Gasteiger partial charge is 0.434 e. The molecule has 19 heavy (non-hydrogen) atoms. The lowest BCUT2D eigenvalue weighted by Crippen LogP contribution is -1.99. The van der Waals surface area contributed by atoms with Crippen molar-refractivity contribution < 1.29 is 4.74 Å². The van der Waals surface area contributed by atoms with E-state index in [0.29, 0.717) is 23.0 Å². The summed E-state index contributed by atoms with van der Waals surface area (Å²) in [6.07, 6.45) is 5.59. The van der Waals surface area contributed by atoms with Crippen molar-refractivity contribution in [2.24, 2.45) is 0 Å². The predicted molar refractivity (Wildman–Crippen MR) is 78.4 cm³/mol. The van der Waals surface area contributed by atoms with Crippen LogP contribution in [-0.2, 0) is 5.33 Å². The molecule has 7 heteroatoms. The fourth-order valence-electron chi connectivity index (χ4n) is 1.78. The lowest BCUT2D eigenvalue weighted by Gasteiger charge is -2.03. The van der Waals surface area contributed by atoms with Gasteiger partial charge in [0.25, 0.3) is 0 Å². The Morgan fingerprint density at radius 3 is 3.00 bits per heavy atom. The van der Waals surface area contributed by atoms with Crippen molar-refractivity contribution >= 4 is 32.2 Å². The fraction of sp³-hybridized carbons (Fsp3) is 0.333. The molecule has 0 saturated heterocycles. The molecule has 0 radical (unpaired) electrons. The van der Waals surface area contributed by atoms with Gasteiger partial charge in [0, 0.05) is 22.9 Å². The second-order valence-corrected chi connectivity index (χ2v) is 5.84. The zero-order valence-corrected chi connectivity index (χ0v) is 13.0. The van der Waals surface area contributed by atoms with E-state index in [4.69, 9.17) is 4.74 Å². The molecule has 0 atom stereocenters. The van der Waals surface area contributed by atoms with Gasteiger partial charge in [-0.25, -0.2) is 0 Å². The van der Waals surface area contributed by atoms with Crippen molar-refractivity contribution in [3.05, 3.63) is 29.7 Å². The number of imidazole rings is 1. The third-order valence-corrected chi connectivity index (χ3v) is 4.06. The molecule has 0 amide bonds. The Balaban J connectivity index is 1.93. The third-order valence-electron chi connectivity index (χ3n) is 2.77. The van der Waals surface area contributed by atoms with Crippen LogP contribution < -0.4 is 4.74 Å². The molecule has 0 bridgehead atoms. The van der Waals surface area contributed by atoms with E-state index in [1.165, 1.54) is 0 Å². The Hall–Kier alpha value is -1.34. The summed E-state index contributed by atoms with van der Waals surface area (Å²) >= 11 is 5.07. The van der Waals surface area contributed by atoms with E-state index in [1.54, 1.807) is 17.5 Å². The summed E-state index contributed by atoms with van der Waals surface area (Å²) in [5.74, 6) is 1.34. The Labute approximate surface area is 123 Å². The Kier molecular flexibility index (Phi) is 3.32. The van der Waals surface area contributed by atoms with Gasteiger partial charge in [0.15, 0.2) is 10.7 Å². The van der Waals surface area contributed by atoms with Gasteiger partial charge in [0.2, 0.25) is 5.88 Å². The van der Waals surface area contributed by atoms with Gasteiger partial charge in [0.1, 0.15) is 0 Å². The van der Waals surface area contributed by atoms with Crippen molar-refractivity contribution in [2.45, 2.75) is 25.2 Å².